The number of carbonyl (C=O) groups is 2. The van der Waals surface area contributed by atoms with E-state index in [0.29, 0.717) is 25.6 Å². The summed E-state index contributed by atoms with van der Waals surface area (Å²) in [5.74, 6) is 6.01. The van der Waals surface area contributed by atoms with Crippen molar-refractivity contribution >= 4 is 11.9 Å². The summed E-state index contributed by atoms with van der Waals surface area (Å²) in [6, 6.07) is 0. The molecule has 10 atom stereocenters. The zero-order chi connectivity index (χ0) is 48.0. The van der Waals surface area contributed by atoms with Crippen LogP contribution in [0.1, 0.15) is 265 Å². The molecular weight excluding hydrogens is 843 g/mol. The van der Waals surface area contributed by atoms with Crippen LogP contribution >= 0.6 is 0 Å². The van der Waals surface area contributed by atoms with Gasteiger partial charge in [0.25, 0.3) is 0 Å². The Morgan fingerprint density at radius 1 is 0.515 bits per heavy atom. The smallest absolute Gasteiger partial charge is 0.309 e. The molecule has 0 spiro atoms. The van der Waals surface area contributed by atoms with Crippen LogP contribution in [-0.4, -0.2) is 75.6 Å². The molecule has 1 heterocycles. The number of carbonyl (C=O) groups excluding carboxylic acids is 2. The van der Waals surface area contributed by atoms with Gasteiger partial charge in [0, 0.05) is 19.6 Å². The van der Waals surface area contributed by atoms with E-state index in [-0.39, 0.29) is 48.5 Å². The fourth-order valence-corrected chi connectivity index (χ4v) is 12.8. The quantitative estimate of drug-likeness (QED) is 0.0445. The minimum absolute atomic E-state index is 0.00416. The number of hydrogen-bond acceptors (Lipinski definition) is 7. The second kappa shape index (κ2) is 35.1. The lowest BCUT2D eigenvalue weighted by Gasteiger charge is -2.30. The topological polar surface area (TPSA) is 74.3 Å². The third-order valence-corrected chi connectivity index (χ3v) is 18.0. The highest BCUT2D eigenvalue weighted by atomic mass is 16.6. The predicted molar refractivity (Wildman–Crippen MR) is 283 cm³/mol. The zero-order valence-corrected chi connectivity index (χ0v) is 45.4. The molecule has 4 saturated carbocycles. The number of nitrogens with zero attached hydrogens (tertiary/aromatic N) is 1. The van der Waals surface area contributed by atoms with E-state index in [4.69, 9.17) is 18.9 Å². The van der Waals surface area contributed by atoms with Crippen molar-refractivity contribution in [1.29, 1.82) is 0 Å². The summed E-state index contributed by atoms with van der Waals surface area (Å²) < 4.78 is 25.0. The molecule has 0 amide bonds. The number of esters is 2. The van der Waals surface area contributed by atoms with Crippen molar-refractivity contribution in [2.24, 2.45) is 53.3 Å². The Bertz CT molecular complexity index is 1280. The third-order valence-electron chi connectivity index (χ3n) is 18.0. The molecule has 7 nitrogen and oxygen atoms in total. The van der Waals surface area contributed by atoms with Gasteiger partial charge >= 0.3 is 11.9 Å². The van der Waals surface area contributed by atoms with Gasteiger partial charge in [0.2, 0.25) is 0 Å². The van der Waals surface area contributed by atoms with E-state index in [2.05, 4.69) is 32.7 Å². The first-order chi connectivity index (χ1) is 33.4. The minimum atomic E-state index is -0.228. The lowest BCUT2D eigenvalue weighted by atomic mass is 9.86. The Labute approximate surface area is 420 Å². The van der Waals surface area contributed by atoms with Crippen LogP contribution in [-0.2, 0) is 28.5 Å². The van der Waals surface area contributed by atoms with Crippen LogP contribution in [0, 0.1) is 53.3 Å². The molecule has 7 heteroatoms. The van der Waals surface area contributed by atoms with Crippen molar-refractivity contribution in [2.45, 2.75) is 277 Å². The van der Waals surface area contributed by atoms with Crippen LogP contribution in [0.3, 0.4) is 0 Å². The number of rotatable bonds is 44. The zero-order valence-electron chi connectivity index (χ0n) is 45.4. The molecule has 0 aromatic carbocycles. The lowest BCUT2D eigenvalue weighted by molar-refractivity contribution is -0.158. The molecule has 1 saturated heterocycles. The maximum Gasteiger partial charge on any atom is 0.309 e. The number of piperidine rings is 1. The van der Waals surface area contributed by atoms with Crippen molar-refractivity contribution in [2.75, 3.05) is 46.6 Å². The van der Waals surface area contributed by atoms with E-state index in [1.54, 1.807) is 0 Å². The van der Waals surface area contributed by atoms with Gasteiger partial charge in [0.05, 0.1) is 12.5 Å². The molecule has 396 valence electrons. The Kier molecular flexibility index (Phi) is 29.8. The van der Waals surface area contributed by atoms with E-state index in [1.165, 1.54) is 193 Å². The number of likely N-dealkylation sites (tertiary alicyclic amines) is 1. The normalized spacial score (nSPS) is 27.4. The van der Waals surface area contributed by atoms with E-state index < -0.39 is 0 Å². The monoisotopic (exact) mass is 954 g/mol. The van der Waals surface area contributed by atoms with Crippen LogP contribution in [0.2, 0.25) is 0 Å². The Morgan fingerprint density at radius 3 is 1.51 bits per heavy atom. The number of ether oxygens (including phenoxy) is 4. The SMILES string of the molecule is CCCCCCCCC1CC1CCCCCCCCOCC(COC(=O)CC1CCC(OC(=O)C2CCN(C)CC2)C1CC1CC1CC)OCCCCCCCCC1CC1CCCCCCCC. The molecule has 4 aliphatic carbocycles. The van der Waals surface area contributed by atoms with Crippen LogP contribution in [0.15, 0.2) is 0 Å². The third kappa shape index (κ3) is 24.5. The van der Waals surface area contributed by atoms with E-state index in [9.17, 15) is 9.59 Å². The van der Waals surface area contributed by atoms with Crippen molar-refractivity contribution in [3.05, 3.63) is 0 Å². The maximum atomic E-state index is 13.6. The molecule has 0 aromatic rings. The van der Waals surface area contributed by atoms with E-state index >= 15 is 0 Å². The largest absolute Gasteiger partial charge is 0.463 e. The van der Waals surface area contributed by atoms with Gasteiger partial charge in [-0.25, -0.2) is 0 Å². The first-order valence-corrected chi connectivity index (χ1v) is 30.6. The van der Waals surface area contributed by atoms with Crippen LogP contribution in [0.25, 0.3) is 0 Å². The highest BCUT2D eigenvalue weighted by Crippen LogP contribution is 2.51. The Hall–Kier alpha value is -1.18. The Morgan fingerprint density at radius 2 is 1.00 bits per heavy atom. The van der Waals surface area contributed by atoms with Gasteiger partial charge in [-0.05, 0) is 132 Å². The summed E-state index contributed by atoms with van der Waals surface area (Å²) in [4.78, 5) is 29.2. The van der Waals surface area contributed by atoms with Gasteiger partial charge in [0.15, 0.2) is 0 Å². The molecule has 5 fully saturated rings. The molecule has 10 unspecified atom stereocenters. The molecule has 68 heavy (non-hydrogen) atoms. The van der Waals surface area contributed by atoms with Crippen LogP contribution < -0.4 is 0 Å². The fourth-order valence-electron chi connectivity index (χ4n) is 12.8. The van der Waals surface area contributed by atoms with Gasteiger partial charge in [-0.2, -0.15) is 0 Å². The second-order valence-corrected chi connectivity index (χ2v) is 23.9. The Balaban J connectivity index is 0.946. The summed E-state index contributed by atoms with van der Waals surface area (Å²) in [6.45, 7) is 11.0. The summed E-state index contributed by atoms with van der Waals surface area (Å²) >= 11 is 0. The molecule has 5 rings (SSSR count). The van der Waals surface area contributed by atoms with E-state index in [1.807, 2.05) is 0 Å². The second-order valence-electron chi connectivity index (χ2n) is 23.9. The molecular formula is C61H111NO6. The standard InChI is InChI=1S/C61H111NO6/c1-5-8-10-12-18-24-30-51-43-53(51)32-26-20-14-16-22-28-40-65-47-57(66-41-29-23-17-15-21-27-33-54-44-52(54)31-25-19-13-11-9-6-2)48-67-60(63)46-55-34-35-59(58(55)45-56-42-49(56)7-3)68-61(64)50-36-38-62(4)39-37-50/h49-59H,5-48H2,1-4H3. The van der Waals surface area contributed by atoms with Gasteiger partial charge in [-0.15, -0.1) is 0 Å². The van der Waals surface area contributed by atoms with Crippen LogP contribution in [0.5, 0.6) is 0 Å². The minimum Gasteiger partial charge on any atom is -0.463 e. The predicted octanol–water partition coefficient (Wildman–Crippen LogP) is 16.3. The molecule has 5 aliphatic rings. The number of hydrogen-bond donors (Lipinski definition) is 0. The maximum absolute atomic E-state index is 13.6. The first-order valence-electron chi connectivity index (χ1n) is 30.6. The van der Waals surface area contributed by atoms with Crippen molar-refractivity contribution < 1.29 is 28.5 Å². The lowest BCUT2D eigenvalue weighted by Crippen LogP contribution is -2.36. The first kappa shape index (κ1) is 57.7. The summed E-state index contributed by atoms with van der Waals surface area (Å²) in [6.07, 6.45) is 48.7. The molecule has 1 aliphatic heterocycles. The molecule has 0 aromatic heterocycles. The van der Waals surface area contributed by atoms with Crippen molar-refractivity contribution in [3.8, 4) is 0 Å². The average Bonchev–Trinajstić information content (AvgIpc) is 4.30. The molecule has 0 N–H and O–H groups in total. The van der Waals surface area contributed by atoms with Crippen molar-refractivity contribution in [1.82, 2.24) is 4.90 Å². The van der Waals surface area contributed by atoms with Gasteiger partial charge < -0.3 is 23.8 Å². The van der Waals surface area contributed by atoms with E-state index in [0.717, 1.165) is 94.2 Å². The summed E-state index contributed by atoms with van der Waals surface area (Å²) in [7, 11) is 2.13. The highest BCUT2D eigenvalue weighted by Gasteiger charge is 2.46. The fraction of sp³-hybridized carbons (Fsp3) is 0.967. The number of unbranched alkanes of at least 4 members (excludes halogenated alkanes) is 20. The summed E-state index contributed by atoms with van der Waals surface area (Å²) in [5.41, 5.74) is 0. The van der Waals surface area contributed by atoms with Gasteiger partial charge in [0.1, 0.15) is 18.8 Å². The molecule has 0 radical (unpaired) electrons. The van der Waals surface area contributed by atoms with Gasteiger partial charge in [-0.3, -0.25) is 9.59 Å². The average molecular weight is 955 g/mol. The summed E-state index contributed by atoms with van der Waals surface area (Å²) in [5, 5.41) is 0. The molecule has 0 bridgehead atoms. The van der Waals surface area contributed by atoms with Crippen molar-refractivity contribution in [3.63, 3.8) is 0 Å². The highest BCUT2D eigenvalue weighted by molar-refractivity contribution is 5.73. The van der Waals surface area contributed by atoms with Crippen LogP contribution in [0.4, 0.5) is 0 Å². The van der Waals surface area contributed by atoms with Gasteiger partial charge in [-0.1, -0.05) is 194 Å².